The highest BCUT2D eigenvalue weighted by Crippen LogP contribution is 2.14. The molecule has 0 rings (SSSR count). The minimum atomic E-state index is -0.796. The summed E-state index contributed by atoms with van der Waals surface area (Å²) in [6.07, 6.45) is 65.7. The Bertz CT molecular complexity index is 1240. The van der Waals surface area contributed by atoms with Gasteiger partial charge in [-0.3, -0.25) is 14.4 Å². The van der Waals surface area contributed by atoms with Crippen molar-refractivity contribution in [3.05, 3.63) is 85.1 Å². The van der Waals surface area contributed by atoms with Crippen LogP contribution in [0.15, 0.2) is 85.1 Å². The number of hydrogen-bond acceptors (Lipinski definition) is 6. The van der Waals surface area contributed by atoms with E-state index >= 15 is 0 Å². The van der Waals surface area contributed by atoms with E-state index in [2.05, 4.69) is 106 Å². The molecule has 63 heavy (non-hydrogen) atoms. The number of esters is 3. The molecule has 360 valence electrons. The summed E-state index contributed by atoms with van der Waals surface area (Å²) < 4.78 is 16.7. The van der Waals surface area contributed by atoms with Crippen LogP contribution < -0.4 is 0 Å². The van der Waals surface area contributed by atoms with Crippen LogP contribution >= 0.6 is 0 Å². The first-order chi connectivity index (χ1) is 31.0. The van der Waals surface area contributed by atoms with Crippen LogP contribution in [-0.2, 0) is 28.6 Å². The molecule has 1 unspecified atom stereocenters. The Hall–Kier alpha value is -3.41. The summed E-state index contributed by atoms with van der Waals surface area (Å²) in [5.74, 6) is -0.950. The van der Waals surface area contributed by atoms with Crippen LogP contribution in [0, 0.1) is 0 Å². The smallest absolute Gasteiger partial charge is 0.306 e. The van der Waals surface area contributed by atoms with Gasteiger partial charge in [0.1, 0.15) is 13.2 Å². The average Bonchev–Trinajstić information content (AvgIpc) is 3.28. The first kappa shape index (κ1) is 59.6. The summed E-state index contributed by atoms with van der Waals surface area (Å²) in [5.41, 5.74) is 0. The van der Waals surface area contributed by atoms with Crippen molar-refractivity contribution in [2.24, 2.45) is 0 Å². The maximum atomic E-state index is 12.8. The lowest BCUT2D eigenvalue weighted by Gasteiger charge is -2.18. The summed E-state index contributed by atoms with van der Waals surface area (Å²) >= 11 is 0. The third kappa shape index (κ3) is 49.5. The molecule has 0 aliphatic heterocycles. The Labute approximate surface area is 388 Å². The lowest BCUT2D eigenvalue weighted by Crippen LogP contribution is -2.30. The number of rotatable bonds is 46. The third-order valence-corrected chi connectivity index (χ3v) is 10.9. The molecule has 0 amide bonds. The van der Waals surface area contributed by atoms with E-state index in [4.69, 9.17) is 14.2 Å². The standard InChI is InChI=1S/C57H96O6/c1-4-7-10-13-16-19-21-23-25-26-27-28-29-30-32-33-35-38-41-44-47-50-56(59)62-53-54(52-61-55(58)49-46-43-40-37-18-15-12-9-6-3)63-57(60)51-48-45-42-39-36-34-31-24-22-20-17-14-11-8-5-2/h7,10,16,19,23-25,27-28,30-32,35,38,54H,4-6,8-9,11-15,17-18,20-22,26,29,33-34,36-37,39-53H2,1-3H3/b10-7-,19-16-,25-23-,28-27-,31-24-,32-30-,38-35-. The molecule has 1 atom stereocenters. The summed E-state index contributed by atoms with van der Waals surface area (Å²) in [4.78, 5) is 37.9. The van der Waals surface area contributed by atoms with E-state index in [9.17, 15) is 14.4 Å². The van der Waals surface area contributed by atoms with Crippen molar-refractivity contribution in [2.75, 3.05) is 13.2 Å². The van der Waals surface area contributed by atoms with Crippen molar-refractivity contribution in [3.8, 4) is 0 Å². The van der Waals surface area contributed by atoms with Crippen molar-refractivity contribution in [1.82, 2.24) is 0 Å². The lowest BCUT2D eigenvalue weighted by atomic mass is 10.1. The van der Waals surface area contributed by atoms with Gasteiger partial charge in [0.25, 0.3) is 0 Å². The number of allylic oxidation sites excluding steroid dienone is 14. The molecule has 0 aromatic rings. The number of carbonyl (C=O) groups excluding carboxylic acids is 3. The van der Waals surface area contributed by atoms with Crippen molar-refractivity contribution in [1.29, 1.82) is 0 Å². The predicted molar refractivity (Wildman–Crippen MR) is 270 cm³/mol. The molecule has 0 aromatic carbocycles. The van der Waals surface area contributed by atoms with E-state index in [1.165, 1.54) is 89.9 Å². The van der Waals surface area contributed by atoms with Crippen LogP contribution in [-0.4, -0.2) is 37.2 Å². The van der Waals surface area contributed by atoms with Gasteiger partial charge in [0.15, 0.2) is 6.10 Å². The summed E-state index contributed by atoms with van der Waals surface area (Å²) in [5, 5.41) is 0. The molecule has 0 aliphatic carbocycles. The average molecular weight is 877 g/mol. The normalized spacial score (nSPS) is 12.7. The number of hydrogen-bond donors (Lipinski definition) is 0. The van der Waals surface area contributed by atoms with Crippen molar-refractivity contribution in [2.45, 2.75) is 245 Å². The molecule has 6 heteroatoms. The largest absolute Gasteiger partial charge is 0.462 e. The second kappa shape index (κ2) is 51.2. The highest BCUT2D eigenvalue weighted by molar-refractivity contribution is 5.71. The quantitative estimate of drug-likeness (QED) is 0.0262. The molecule has 0 saturated carbocycles. The minimum absolute atomic E-state index is 0.0929. The Morgan fingerprint density at radius 1 is 0.333 bits per heavy atom. The first-order valence-electron chi connectivity index (χ1n) is 26.1. The van der Waals surface area contributed by atoms with Crippen molar-refractivity contribution >= 4 is 17.9 Å². The van der Waals surface area contributed by atoms with Gasteiger partial charge in [0, 0.05) is 19.3 Å². The highest BCUT2D eigenvalue weighted by atomic mass is 16.6. The van der Waals surface area contributed by atoms with Gasteiger partial charge in [-0.15, -0.1) is 0 Å². The summed E-state index contributed by atoms with van der Waals surface area (Å²) in [6, 6.07) is 0. The SMILES string of the molecule is CC/C=C\C/C=C\C/C=C\C/C=C\C/C=C\C/C=C\CCCCC(=O)OCC(COC(=O)CCCCCCCCCCC)OC(=O)CCCCCCC/C=C\CCCCCCCC. The van der Waals surface area contributed by atoms with Gasteiger partial charge >= 0.3 is 17.9 Å². The first-order valence-corrected chi connectivity index (χ1v) is 26.1. The summed E-state index contributed by atoms with van der Waals surface area (Å²) in [7, 11) is 0. The molecular weight excluding hydrogens is 781 g/mol. The molecule has 0 radical (unpaired) electrons. The van der Waals surface area contributed by atoms with E-state index in [1.54, 1.807) is 0 Å². The number of unbranched alkanes of at least 4 members (excludes halogenated alkanes) is 21. The Balaban J connectivity index is 4.41. The zero-order chi connectivity index (χ0) is 45.8. The van der Waals surface area contributed by atoms with E-state index in [0.717, 1.165) is 109 Å². The van der Waals surface area contributed by atoms with Gasteiger partial charge in [0.2, 0.25) is 0 Å². The molecular formula is C57H96O6. The van der Waals surface area contributed by atoms with Crippen LogP contribution in [0.1, 0.15) is 239 Å². The van der Waals surface area contributed by atoms with Crippen LogP contribution in [0.5, 0.6) is 0 Å². The highest BCUT2D eigenvalue weighted by Gasteiger charge is 2.19. The van der Waals surface area contributed by atoms with Gasteiger partial charge in [-0.2, -0.15) is 0 Å². The maximum Gasteiger partial charge on any atom is 0.306 e. The van der Waals surface area contributed by atoms with Gasteiger partial charge in [-0.25, -0.2) is 0 Å². The molecule has 0 heterocycles. The van der Waals surface area contributed by atoms with Crippen molar-refractivity contribution in [3.63, 3.8) is 0 Å². The molecule has 0 bridgehead atoms. The Morgan fingerprint density at radius 3 is 1.02 bits per heavy atom. The van der Waals surface area contributed by atoms with E-state index < -0.39 is 6.10 Å². The molecule has 0 spiro atoms. The van der Waals surface area contributed by atoms with Crippen LogP contribution in [0.4, 0.5) is 0 Å². The van der Waals surface area contributed by atoms with Gasteiger partial charge < -0.3 is 14.2 Å². The monoisotopic (exact) mass is 877 g/mol. The second-order valence-electron chi connectivity index (χ2n) is 17.1. The van der Waals surface area contributed by atoms with Gasteiger partial charge in [0.05, 0.1) is 0 Å². The third-order valence-electron chi connectivity index (χ3n) is 10.9. The Kier molecular flexibility index (Phi) is 48.5. The number of carbonyl (C=O) groups is 3. The topological polar surface area (TPSA) is 78.9 Å². The Morgan fingerprint density at radius 2 is 0.619 bits per heavy atom. The maximum absolute atomic E-state index is 12.8. The molecule has 0 aliphatic rings. The van der Waals surface area contributed by atoms with Gasteiger partial charge in [-0.1, -0.05) is 209 Å². The van der Waals surface area contributed by atoms with Crippen molar-refractivity contribution < 1.29 is 28.6 Å². The predicted octanol–water partition coefficient (Wildman–Crippen LogP) is 17.2. The molecule has 0 aromatic heterocycles. The second-order valence-corrected chi connectivity index (χ2v) is 17.1. The fourth-order valence-corrected chi connectivity index (χ4v) is 6.97. The number of ether oxygens (including phenoxy) is 3. The van der Waals surface area contributed by atoms with Gasteiger partial charge in [-0.05, 0) is 96.3 Å². The fourth-order valence-electron chi connectivity index (χ4n) is 6.97. The summed E-state index contributed by atoms with van der Waals surface area (Å²) in [6.45, 7) is 6.45. The van der Waals surface area contributed by atoms with Crippen LogP contribution in [0.3, 0.4) is 0 Å². The van der Waals surface area contributed by atoms with Crippen LogP contribution in [0.2, 0.25) is 0 Å². The molecule has 0 N–H and O–H groups in total. The zero-order valence-electron chi connectivity index (χ0n) is 41.1. The fraction of sp³-hybridized carbons (Fsp3) is 0.702. The van der Waals surface area contributed by atoms with Crippen LogP contribution in [0.25, 0.3) is 0 Å². The molecule has 6 nitrogen and oxygen atoms in total. The van der Waals surface area contributed by atoms with E-state index in [0.29, 0.717) is 19.3 Å². The van der Waals surface area contributed by atoms with E-state index in [1.807, 2.05) is 0 Å². The molecule has 0 saturated heterocycles. The minimum Gasteiger partial charge on any atom is -0.462 e. The lowest BCUT2D eigenvalue weighted by molar-refractivity contribution is -0.167. The zero-order valence-corrected chi connectivity index (χ0v) is 41.1. The van der Waals surface area contributed by atoms with E-state index in [-0.39, 0.29) is 31.1 Å². The molecule has 0 fully saturated rings.